The number of methoxy groups -OCH3 is 1. The van der Waals surface area contributed by atoms with Gasteiger partial charge >= 0.3 is 5.97 Å². The van der Waals surface area contributed by atoms with Crippen LogP contribution >= 0.6 is 0 Å². The zero-order valence-corrected chi connectivity index (χ0v) is 11.6. The number of hydrogen-bond acceptors (Lipinski definition) is 4. The van der Waals surface area contributed by atoms with Crippen LogP contribution in [0.2, 0.25) is 0 Å². The second kappa shape index (κ2) is 6.37. The third kappa shape index (κ3) is 3.08. The lowest BCUT2D eigenvalue weighted by molar-refractivity contribution is -0.157. The van der Waals surface area contributed by atoms with Gasteiger partial charge in [0.1, 0.15) is 6.04 Å². The van der Waals surface area contributed by atoms with Crippen molar-refractivity contribution in [3.05, 3.63) is 0 Å². The standard InChI is InChI=1S/C14H24N2O3/c1-19-14(18)12-8-4-5-9-16(12)13(17)10-6-2-3-7-11(10)15/h10-12H,2-9,15H2,1H3. The smallest absolute Gasteiger partial charge is 0.328 e. The Kier molecular flexibility index (Phi) is 4.80. The van der Waals surface area contributed by atoms with Crippen LogP contribution in [0.4, 0.5) is 0 Å². The molecule has 5 heteroatoms. The number of ether oxygens (including phenoxy) is 1. The summed E-state index contributed by atoms with van der Waals surface area (Å²) in [6.45, 7) is 0.655. The van der Waals surface area contributed by atoms with Crippen LogP contribution in [0.3, 0.4) is 0 Å². The lowest BCUT2D eigenvalue weighted by atomic mass is 9.83. The van der Waals surface area contributed by atoms with Gasteiger partial charge in [0.05, 0.1) is 13.0 Å². The molecule has 2 N–H and O–H groups in total. The average Bonchev–Trinajstić information content (AvgIpc) is 2.46. The third-order valence-corrected chi connectivity index (χ3v) is 4.40. The van der Waals surface area contributed by atoms with Crippen molar-refractivity contribution in [3.63, 3.8) is 0 Å². The molecule has 3 unspecified atom stereocenters. The Balaban J connectivity index is 2.08. The molecule has 1 aliphatic heterocycles. The number of rotatable bonds is 2. The molecule has 3 atom stereocenters. The highest BCUT2D eigenvalue weighted by molar-refractivity contribution is 5.86. The molecular formula is C14H24N2O3. The van der Waals surface area contributed by atoms with Crippen LogP contribution in [0.5, 0.6) is 0 Å². The normalized spacial score (nSPS) is 31.9. The van der Waals surface area contributed by atoms with E-state index in [0.717, 1.165) is 38.5 Å². The summed E-state index contributed by atoms with van der Waals surface area (Å²) in [4.78, 5) is 26.1. The first kappa shape index (κ1) is 14.3. The third-order valence-electron chi connectivity index (χ3n) is 4.40. The molecular weight excluding hydrogens is 244 g/mol. The number of likely N-dealkylation sites (tertiary alicyclic amines) is 1. The largest absolute Gasteiger partial charge is 0.467 e. The van der Waals surface area contributed by atoms with Gasteiger partial charge in [-0.3, -0.25) is 4.79 Å². The van der Waals surface area contributed by atoms with E-state index in [4.69, 9.17) is 10.5 Å². The van der Waals surface area contributed by atoms with Crippen molar-refractivity contribution in [1.82, 2.24) is 4.90 Å². The van der Waals surface area contributed by atoms with Crippen LogP contribution in [0.15, 0.2) is 0 Å². The molecule has 0 aromatic heterocycles. The minimum absolute atomic E-state index is 0.0542. The second-order valence-electron chi connectivity index (χ2n) is 5.62. The first-order valence-electron chi connectivity index (χ1n) is 7.29. The van der Waals surface area contributed by atoms with Gasteiger partial charge in [0.25, 0.3) is 0 Å². The summed E-state index contributed by atoms with van der Waals surface area (Å²) >= 11 is 0. The van der Waals surface area contributed by atoms with Gasteiger partial charge in [-0.05, 0) is 32.1 Å². The monoisotopic (exact) mass is 268 g/mol. The van der Waals surface area contributed by atoms with E-state index in [1.54, 1.807) is 4.90 Å². The van der Waals surface area contributed by atoms with E-state index in [1.165, 1.54) is 7.11 Å². The number of carbonyl (C=O) groups is 2. The topological polar surface area (TPSA) is 72.6 Å². The number of nitrogens with zero attached hydrogens (tertiary/aromatic N) is 1. The summed E-state index contributed by atoms with van der Waals surface area (Å²) in [5, 5.41) is 0. The van der Waals surface area contributed by atoms with Crippen LogP contribution < -0.4 is 5.73 Å². The first-order chi connectivity index (χ1) is 9.15. The van der Waals surface area contributed by atoms with E-state index in [1.807, 2.05) is 0 Å². The van der Waals surface area contributed by atoms with E-state index in [0.29, 0.717) is 13.0 Å². The lowest BCUT2D eigenvalue weighted by Gasteiger charge is -2.38. The summed E-state index contributed by atoms with van der Waals surface area (Å²) in [7, 11) is 1.38. The van der Waals surface area contributed by atoms with E-state index < -0.39 is 6.04 Å². The van der Waals surface area contributed by atoms with Crippen molar-refractivity contribution in [2.75, 3.05) is 13.7 Å². The summed E-state index contributed by atoms with van der Waals surface area (Å²) in [5.74, 6) is -0.348. The highest BCUT2D eigenvalue weighted by Crippen LogP contribution is 2.28. The maximum Gasteiger partial charge on any atom is 0.328 e. The molecule has 1 aliphatic carbocycles. The number of esters is 1. The Morgan fingerprint density at radius 2 is 1.79 bits per heavy atom. The molecule has 2 rings (SSSR count). The molecule has 0 aromatic carbocycles. The van der Waals surface area contributed by atoms with Gasteiger partial charge < -0.3 is 15.4 Å². The minimum Gasteiger partial charge on any atom is -0.467 e. The number of nitrogens with two attached hydrogens (primary N) is 1. The maximum atomic E-state index is 12.6. The zero-order valence-electron chi connectivity index (χ0n) is 11.6. The summed E-state index contributed by atoms with van der Waals surface area (Å²) in [5.41, 5.74) is 6.08. The van der Waals surface area contributed by atoms with Gasteiger partial charge in [0.2, 0.25) is 5.91 Å². The van der Waals surface area contributed by atoms with E-state index in [2.05, 4.69) is 0 Å². The molecule has 0 spiro atoms. The van der Waals surface area contributed by atoms with Crippen molar-refractivity contribution in [2.45, 2.75) is 57.0 Å². The lowest BCUT2D eigenvalue weighted by Crippen LogP contribution is -2.53. The van der Waals surface area contributed by atoms with Gasteiger partial charge in [-0.1, -0.05) is 12.8 Å². The SMILES string of the molecule is COC(=O)C1CCCCN1C(=O)C1CCCCC1N. The van der Waals surface area contributed by atoms with Gasteiger partial charge in [0.15, 0.2) is 0 Å². The predicted molar refractivity (Wildman–Crippen MR) is 71.3 cm³/mol. The molecule has 2 fully saturated rings. The van der Waals surface area contributed by atoms with Crippen LogP contribution in [-0.4, -0.2) is 42.5 Å². The fraction of sp³-hybridized carbons (Fsp3) is 0.857. The molecule has 1 saturated heterocycles. The van der Waals surface area contributed by atoms with Crippen molar-refractivity contribution in [2.24, 2.45) is 11.7 Å². The van der Waals surface area contributed by atoms with Crippen molar-refractivity contribution < 1.29 is 14.3 Å². The van der Waals surface area contributed by atoms with E-state index in [-0.39, 0.29) is 23.8 Å². The molecule has 0 bridgehead atoms. The fourth-order valence-electron chi connectivity index (χ4n) is 3.26. The number of piperidine rings is 1. The molecule has 1 amide bonds. The Morgan fingerprint density at radius 1 is 1.11 bits per heavy atom. The first-order valence-corrected chi connectivity index (χ1v) is 7.29. The van der Waals surface area contributed by atoms with Crippen molar-refractivity contribution in [1.29, 1.82) is 0 Å². The Hall–Kier alpha value is -1.10. The number of carbonyl (C=O) groups excluding carboxylic acids is 2. The Labute approximate surface area is 114 Å². The van der Waals surface area contributed by atoms with Gasteiger partial charge in [0, 0.05) is 12.6 Å². The van der Waals surface area contributed by atoms with Crippen molar-refractivity contribution >= 4 is 11.9 Å². The predicted octanol–water partition coefficient (Wildman–Crippen LogP) is 1.06. The quantitative estimate of drug-likeness (QED) is 0.760. The van der Waals surface area contributed by atoms with Crippen LogP contribution in [0.25, 0.3) is 0 Å². The average molecular weight is 268 g/mol. The Bertz CT molecular complexity index is 346. The molecule has 0 aromatic rings. The highest BCUT2D eigenvalue weighted by Gasteiger charge is 2.38. The van der Waals surface area contributed by atoms with Crippen LogP contribution in [0, 0.1) is 5.92 Å². The molecule has 0 radical (unpaired) electrons. The molecule has 108 valence electrons. The van der Waals surface area contributed by atoms with Crippen LogP contribution in [-0.2, 0) is 14.3 Å². The Morgan fingerprint density at radius 3 is 2.47 bits per heavy atom. The highest BCUT2D eigenvalue weighted by atomic mass is 16.5. The van der Waals surface area contributed by atoms with Gasteiger partial charge in [-0.2, -0.15) is 0 Å². The molecule has 1 heterocycles. The van der Waals surface area contributed by atoms with E-state index in [9.17, 15) is 9.59 Å². The van der Waals surface area contributed by atoms with Crippen molar-refractivity contribution in [3.8, 4) is 0 Å². The summed E-state index contributed by atoms with van der Waals surface area (Å²) in [6.07, 6.45) is 6.56. The zero-order chi connectivity index (χ0) is 13.8. The summed E-state index contributed by atoms with van der Waals surface area (Å²) in [6, 6.07) is -0.457. The van der Waals surface area contributed by atoms with Crippen LogP contribution in [0.1, 0.15) is 44.9 Å². The van der Waals surface area contributed by atoms with E-state index >= 15 is 0 Å². The molecule has 19 heavy (non-hydrogen) atoms. The number of amides is 1. The fourth-order valence-corrected chi connectivity index (χ4v) is 3.26. The molecule has 2 aliphatic rings. The minimum atomic E-state index is -0.402. The second-order valence-corrected chi connectivity index (χ2v) is 5.62. The molecule has 5 nitrogen and oxygen atoms in total. The van der Waals surface area contributed by atoms with Gasteiger partial charge in [-0.25, -0.2) is 4.79 Å². The molecule has 1 saturated carbocycles. The van der Waals surface area contributed by atoms with Gasteiger partial charge in [-0.15, -0.1) is 0 Å². The number of hydrogen-bond donors (Lipinski definition) is 1. The summed E-state index contributed by atoms with van der Waals surface area (Å²) < 4.78 is 4.82. The maximum absolute atomic E-state index is 12.6.